The van der Waals surface area contributed by atoms with E-state index in [2.05, 4.69) is 22.8 Å². The summed E-state index contributed by atoms with van der Waals surface area (Å²) in [4.78, 5) is 36.8. The molecule has 8 heteroatoms. The van der Waals surface area contributed by atoms with Crippen LogP contribution in [0.4, 0.5) is 4.79 Å². The topological polar surface area (TPSA) is 114 Å². The first-order chi connectivity index (χ1) is 16.2. The fourth-order valence-electron chi connectivity index (χ4n) is 4.21. The van der Waals surface area contributed by atoms with Gasteiger partial charge in [0.1, 0.15) is 12.6 Å². The van der Waals surface area contributed by atoms with Crippen molar-refractivity contribution in [2.75, 3.05) is 13.7 Å². The minimum Gasteiger partial charge on any atom is -0.481 e. The second kappa shape index (κ2) is 11.2. The van der Waals surface area contributed by atoms with E-state index < -0.39 is 36.2 Å². The number of nitrogens with one attached hydrogen (secondary N) is 2. The summed E-state index contributed by atoms with van der Waals surface area (Å²) in [5.41, 5.74) is 4.42. The number of fused-ring (bicyclic) bond motifs is 3. The molecule has 3 unspecified atom stereocenters. The molecule has 34 heavy (non-hydrogen) atoms. The fourth-order valence-corrected chi connectivity index (χ4v) is 4.21. The van der Waals surface area contributed by atoms with Gasteiger partial charge in [-0.3, -0.25) is 9.59 Å². The predicted molar refractivity (Wildman–Crippen MR) is 127 cm³/mol. The average Bonchev–Trinajstić information content (AvgIpc) is 3.13. The second-order valence-electron chi connectivity index (χ2n) is 8.85. The number of ether oxygens (including phenoxy) is 2. The minimum absolute atomic E-state index is 0.104. The lowest BCUT2D eigenvalue weighted by Gasteiger charge is -2.27. The molecule has 2 aromatic carbocycles. The normalized spacial score (nSPS) is 15.1. The van der Waals surface area contributed by atoms with E-state index >= 15 is 0 Å². The number of benzene rings is 2. The Balaban J connectivity index is 1.68. The molecular weight excluding hydrogens is 436 g/mol. The Morgan fingerprint density at radius 3 is 2.00 bits per heavy atom. The van der Waals surface area contributed by atoms with Crippen LogP contribution in [0.25, 0.3) is 11.1 Å². The van der Waals surface area contributed by atoms with Crippen molar-refractivity contribution in [2.24, 2.45) is 5.92 Å². The number of rotatable bonds is 10. The minimum atomic E-state index is -1.05. The summed E-state index contributed by atoms with van der Waals surface area (Å²) in [6, 6.07) is 14.4. The lowest BCUT2D eigenvalue weighted by atomic mass is 9.98. The van der Waals surface area contributed by atoms with Gasteiger partial charge in [-0.2, -0.15) is 0 Å². The summed E-state index contributed by atoms with van der Waals surface area (Å²) >= 11 is 0. The SMILES string of the molecule is COC(C)C(NC(=O)OCC1c2ccccc2-c2ccccc21)C(=O)NC(CC(=O)O)C(C)C. The smallest absolute Gasteiger partial charge is 0.407 e. The molecule has 8 nitrogen and oxygen atoms in total. The molecule has 2 aromatic rings. The molecule has 0 fully saturated rings. The van der Waals surface area contributed by atoms with Crippen LogP contribution >= 0.6 is 0 Å². The Morgan fingerprint density at radius 1 is 0.941 bits per heavy atom. The van der Waals surface area contributed by atoms with E-state index in [-0.39, 0.29) is 24.9 Å². The summed E-state index contributed by atoms with van der Waals surface area (Å²) in [7, 11) is 1.43. The number of hydrogen-bond acceptors (Lipinski definition) is 5. The van der Waals surface area contributed by atoms with E-state index in [0.29, 0.717) is 0 Å². The van der Waals surface area contributed by atoms with E-state index in [1.165, 1.54) is 7.11 Å². The van der Waals surface area contributed by atoms with E-state index in [1.807, 2.05) is 50.2 Å². The zero-order valence-corrected chi connectivity index (χ0v) is 19.9. The largest absolute Gasteiger partial charge is 0.481 e. The quantitative estimate of drug-likeness (QED) is 0.491. The number of alkyl carbamates (subject to hydrolysis) is 1. The van der Waals surface area contributed by atoms with E-state index in [4.69, 9.17) is 14.6 Å². The van der Waals surface area contributed by atoms with Crippen LogP contribution in [0.3, 0.4) is 0 Å². The molecule has 1 aliphatic rings. The zero-order valence-electron chi connectivity index (χ0n) is 19.9. The molecule has 3 rings (SSSR count). The number of amides is 2. The van der Waals surface area contributed by atoms with Gasteiger partial charge in [0.05, 0.1) is 12.5 Å². The third-order valence-electron chi connectivity index (χ3n) is 6.27. The summed E-state index contributed by atoms with van der Waals surface area (Å²) in [5, 5.41) is 14.4. The highest BCUT2D eigenvalue weighted by Crippen LogP contribution is 2.44. The van der Waals surface area contributed by atoms with Gasteiger partial charge < -0.3 is 25.2 Å². The summed E-state index contributed by atoms with van der Waals surface area (Å²) < 4.78 is 10.8. The van der Waals surface area contributed by atoms with Crippen molar-refractivity contribution in [1.29, 1.82) is 0 Å². The molecule has 1 aliphatic carbocycles. The maximum atomic E-state index is 12.9. The van der Waals surface area contributed by atoms with Gasteiger partial charge in [0.15, 0.2) is 0 Å². The van der Waals surface area contributed by atoms with Gasteiger partial charge in [-0.15, -0.1) is 0 Å². The second-order valence-corrected chi connectivity index (χ2v) is 8.85. The summed E-state index contributed by atoms with van der Waals surface area (Å²) in [5.74, 6) is -1.75. The molecule has 3 N–H and O–H groups in total. The van der Waals surface area contributed by atoms with Gasteiger partial charge in [-0.25, -0.2) is 4.79 Å². The Labute approximate surface area is 199 Å². The van der Waals surface area contributed by atoms with Crippen LogP contribution < -0.4 is 10.6 Å². The molecule has 0 bridgehead atoms. The lowest BCUT2D eigenvalue weighted by Crippen LogP contribution is -2.56. The number of carboxylic acids is 1. The van der Waals surface area contributed by atoms with Gasteiger partial charge in [-0.05, 0) is 35.1 Å². The van der Waals surface area contributed by atoms with Crippen molar-refractivity contribution in [2.45, 2.75) is 51.3 Å². The van der Waals surface area contributed by atoms with Crippen molar-refractivity contribution in [3.63, 3.8) is 0 Å². The van der Waals surface area contributed by atoms with Crippen molar-refractivity contribution in [3.8, 4) is 11.1 Å². The Bertz CT molecular complexity index is 992. The van der Waals surface area contributed by atoms with Gasteiger partial charge in [-0.1, -0.05) is 62.4 Å². The van der Waals surface area contributed by atoms with Crippen LogP contribution in [-0.4, -0.2) is 55.0 Å². The van der Waals surface area contributed by atoms with Crippen LogP contribution in [0.5, 0.6) is 0 Å². The van der Waals surface area contributed by atoms with Gasteiger partial charge >= 0.3 is 12.1 Å². The highest BCUT2D eigenvalue weighted by molar-refractivity contribution is 5.87. The number of aliphatic carboxylic acids is 1. The Kier molecular flexibility index (Phi) is 8.28. The van der Waals surface area contributed by atoms with E-state index in [9.17, 15) is 14.4 Å². The van der Waals surface area contributed by atoms with E-state index in [1.54, 1.807) is 6.92 Å². The number of carboxylic acid groups (broad SMARTS) is 1. The third kappa shape index (κ3) is 5.75. The standard InChI is InChI=1S/C26H32N2O6/c1-15(2)22(13-23(29)30)27-25(31)24(16(3)33-4)28-26(32)34-14-21-19-11-7-5-9-17(19)18-10-6-8-12-20(18)21/h5-12,15-16,21-22,24H,13-14H2,1-4H3,(H,27,31)(H,28,32)(H,29,30). The maximum absolute atomic E-state index is 12.9. The van der Waals surface area contributed by atoms with Crippen molar-refractivity contribution in [3.05, 3.63) is 59.7 Å². The predicted octanol–water partition coefficient (Wildman–Crippen LogP) is 3.54. The van der Waals surface area contributed by atoms with Gasteiger partial charge in [0, 0.05) is 19.1 Å². The Hall–Kier alpha value is -3.39. The molecule has 182 valence electrons. The highest BCUT2D eigenvalue weighted by atomic mass is 16.5. The van der Waals surface area contributed by atoms with Crippen LogP contribution in [0.1, 0.15) is 44.2 Å². The average molecular weight is 469 g/mol. The molecule has 0 heterocycles. The molecule has 0 saturated carbocycles. The van der Waals surface area contributed by atoms with E-state index in [0.717, 1.165) is 22.3 Å². The molecule has 0 saturated heterocycles. The zero-order chi connectivity index (χ0) is 24.8. The molecule has 0 aromatic heterocycles. The van der Waals surface area contributed by atoms with Crippen LogP contribution in [0, 0.1) is 5.92 Å². The molecule has 0 radical (unpaired) electrons. The lowest BCUT2D eigenvalue weighted by molar-refractivity contribution is -0.138. The van der Waals surface area contributed by atoms with Gasteiger partial charge in [0.25, 0.3) is 0 Å². The van der Waals surface area contributed by atoms with Gasteiger partial charge in [0.2, 0.25) is 5.91 Å². The highest BCUT2D eigenvalue weighted by Gasteiger charge is 2.32. The molecule has 2 amide bonds. The number of carbonyl (C=O) groups excluding carboxylic acids is 2. The Morgan fingerprint density at radius 2 is 1.50 bits per heavy atom. The summed E-state index contributed by atoms with van der Waals surface area (Å²) in [6.07, 6.45) is -1.62. The fraction of sp³-hybridized carbons (Fsp3) is 0.423. The first-order valence-electron chi connectivity index (χ1n) is 11.4. The molecule has 3 atom stereocenters. The molecule has 0 spiro atoms. The maximum Gasteiger partial charge on any atom is 0.407 e. The van der Waals surface area contributed by atoms with Crippen molar-refractivity contribution >= 4 is 18.0 Å². The molecule has 0 aliphatic heterocycles. The number of methoxy groups -OCH3 is 1. The molecular formula is C26H32N2O6. The van der Waals surface area contributed by atoms with Crippen molar-refractivity contribution < 1.29 is 29.0 Å². The first kappa shape index (κ1) is 25.2. The first-order valence-corrected chi connectivity index (χ1v) is 11.4. The number of hydrogen-bond donors (Lipinski definition) is 3. The van der Waals surface area contributed by atoms with Crippen molar-refractivity contribution in [1.82, 2.24) is 10.6 Å². The van der Waals surface area contributed by atoms with Crippen LogP contribution in [-0.2, 0) is 19.1 Å². The monoisotopic (exact) mass is 468 g/mol. The summed E-state index contributed by atoms with van der Waals surface area (Å²) in [6.45, 7) is 5.40. The number of carbonyl (C=O) groups is 3. The van der Waals surface area contributed by atoms with Crippen LogP contribution in [0.2, 0.25) is 0 Å². The van der Waals surface area contributed by atoms with Crippen LogP contribution in [0.15, 0.2) is 48.5 Å². The third-order valence-corrected chi connectivity index (χ3v) is 6.27.